The number of methoxy groups -OCH3 is 3. The number of hydrogen-bond acceptors (Lipinski definition) is 12. The van der Waals surface area contributed by atoms with Gasteiger partial charge in [0.1, 0.15) is 11.5 Å². The predicted molar refractivity (Wildman–Crippen MR) is 241 cm³/mol. The Morgan fingerprint density at radius 3 is 1.93 bits per heavy atom. The van der Waals surface area contributed by atoms with E-state index in [0.717, 1.165) is 61.5 Å². The molecule has 2 aromatic carbocycles. The van der Waals surface area contributed by atoms with Gasteiger partial charge in [0.15, 0.2) is 22.4 Å². The highest BCUT2D eigenvalue weighted by molar-refractivity contribution is 7.17. The lowest BCUT2D eigenvalue weighted by Gasteiger charge is -2.09. The van der Waals surface area contributed by atoms with Gasteiger partial charge in [-0.1, -0.05) is 70.7 Å². The summed E-state index contributed by atoms with van der Waals surface area (Å²) in [6.45, 7) is 9.28. The van der Waals surface area contributed by atoms with E-state index in [4.69, 9.17) is 20.7 Å². The molecule has 5 aromatic heterocycles. The fourth-order valence-electron chi connectivity index (χ4n) is 6.11. The first kappa shape index (κ1) is 41.9. The summed E-state index contributed by atoms with van der Waals surface area (Å²) >= 11 is 3.39. The Kier molecular flexibility index (Phi) is 13.8. The van der Waals surface area contributed by atoms with Crippen LogP contribution >= 0.6 is 22.7 Å². The van der Waals surface area contributed by atoms with Gasteiger partial charge in [-0.25, -0.2) is 4.68 Å². The van der Waals surface area contributed by atoms with Gasteiger partial charge in [0.25, 0.3) is 0 Å². The van der Waals surface area contributed by atoms with Crippen LogP contribution in [0.1, 0.15) is 75.8 Å². The molecule has 0 saturated carbocycles. The minimum atomic E-state index is 0.270. The van der Waals surface area contributed by atoms with Crippen molar-refractivity contribution in [1.29, 1.82) is 0 Å². The molecule has 0 saturated heterocycles. The number of thiophene rings is 2. The van der Waals surface area contributed by atoms with Gasteiger partial charge in [0, 0.05) is 39.7 Å². The van der Waals surface area contributed by atoms with Crippen molar-refractivity contribution in [2.24, 2.45) is 4.99 Å². The summed E-state index contributed by atoms with van der Waals surface area (Å²) in [6.07, 6.45) is 2.16. The van der Waals surface area contributed by atoms with E-state index in [2.05, 4.69) is 96.2 Å². The SMILES string of the molecule is COc1ccc(N(C)C)s1.COc1ccccc1-c1nnc2/c(=C\c3ccc(N(C)C)s3)c(C(C)C)nn12.COc1ccccc1C1=NCc2cc(C(C)C)nn21.[2H]C. The number of anilines is 2. The lowest BCUT2D eigenvalue weighted by molar-refractivity contribution is 0.413. The Bertz CT molecular complexity index is 2520. The number of aliphatic imine (C=N–C) groups is 1. The first-order valence-corrected chi connectivity index (χ1v) is 20.3. The van der Waals surface area contributed by atoms with Crippen molar-refractivity contribution in [2.75, 3.05) is 59.3 Å². The summed E-state index contributed by atoms with van der Waals surface area (Å²) in [6, 6.07) is 26.1. The van der Waals surface area contributed by atoms with E-state index in [1.165, 1.54) is 22.3 Å². The minimum absolute atomic E-state index is 0.270. The smallest absolute Gasteiger partial charge is 0.189 e. The number of hydrogen-bond donors (Lipinski definition) is 0. The first-order valence-electron chi connectivity index (χ1n) is 19.7. The Morgan fingerprint density at radius 1 is 0.741 bits per heavy atom. The summed E-state index contributed by atoms with van der Waals surface area (Å²) in [5.41, 5.74) is 5.90. The zero-order valence-corrected chi connectivity index (χ0v) is 37.1. The second-order valence-corrected chi connectivity index (χ2v) is 16.4. The lowest BCUT2D eigenvalue weighted by atomic mass is 10.1. The molecule has 0 radical (unpaired) electrons. The maximum absolute atomic E-state index is 5.75. The van der Waals surface area contributed by atoms with Crippen LogP contribution in [0.4, 0.5) is 10.0 Å². The second kappa shape index (κ2) is 19.1. The van der Waals surface area contributed by atoms with Crippen LogP contribution in [-0.2, 0) is 6.54 Å². The van der Waals surface area contributed by atoms with Crippen molar-refractivity contribution in [3.63, 3.8) is 0 Å². The Balaban J connectivity index is 0.000000183. The number of para-hydroxylation sites is 2. The Labute approximate surface area is 351 Å². The molecular formula is C44H55N9O3S2. The summed E-state index contributed by atoms with van der Waals surface area (Å²) in [7, 11) is 14.4. The van der Waals surface area contributed by atoms with Gasteiger partial charge in [-0.3, -0.25) is 4.99 Å². The summed E-state index contributed by atoms with van der Waals surface area (Å²) in [5, 5.41) is 22.8. The van der Waals surface area contributed by atoms with E-state index in [9.17, 15) is 0 Å². The molecule has 0 spiro atoms. The van der Waals surface area contributed by atoms with Gasteiger partial charge in [0.2, 0.25) is 0 Å². The molecule has 12 nitrogen and oxygen atoms in total. The van der Waals surface area contributed by atoms with Gasteiger partial charge in [0.05, 0.1) is 66.1 Å². The van der Waals surface area contributed by atoms with Crippen LogP contribution in [0, 0.1) is 0 Å². The predicted octanol–water partition coefficient (Wildman–Crippen LogP) is 8.88. The van der Waals surface area contributed by atoms with E-state index in [-0.39, 0.29) is 5.92 Å². The third kappa shape index (κ3) is 9.35. The molecule has 7 aromatic rings. The molecule has 0 bridgehead atoms. The van der Waals surface area contributed by atoms with E-state index in [1.54, 1.807) is 44.0 Å². The van der Waals surface area contributed by atoms with Crippen molar-refractivity contribution in [3.05, 3.63) is 112 Å². The van der Waals surface area contributed by atoms with Gasteiger partial charge in [-0.15, -0.1) is 21.5 Å². The first-order chi connectivity index (χ1) is 28.4. The summed E-state index contributed by atoms with van der Waals surface area (Å²) in [4.78, 5) is 9.92. The van der Waals surface area contributed by atoms with Crippen LogP contribution in [0.3, 0.4) is 0 Å². The van der Waals surface area contributed by atoms with Crippen molar-refractivity contribution < 1.29 is 15.6 Å². The molecule has 1 aliphatic heterocycles. The Morgan fingerprint density at radius 2 is 1.36 bits per heavy atom. The lowest BCUT2D eigenvalue weighted by Crippen LogP contribution is -2.14. The van der Waals surface area contributed by atoms with Crippen molar-refractivity contribution in [3.8, 4) is 28.0 Å². The highest BCUT2D eigenvalue weighted by Gasteiger charge is 2.23. The van der Waals surface area contributed by atoms with E-state index < -0.39 is 0 Å². The summed E-state index contributed by atoms with van der Waals surface area (Å²) < 4.78 is 25.5. The van der Waals surface area contributed by atoms with Crippen LogP contribution in [0.25, 0.3) is 23.1 Å². The van der Waals surface area contributed by atoms with Crippen LogP contribution in [-0.4, -0.2) is 84.9 Å². The van der Waals surface area contributed by atoms with E-state index >= 15 is 0 Å². The standard InChI is InChI=1S/C21H23N5OS.C15H17N3O.C7H11NOS.CH4/c1-13(2)19-16(12-14-10-11-18(28-14)25(3)4)21-23-22-20(26(21)24-19)15-8-6-7-9-17(15)27-5;1-10(2)13-8-11-9-16-15(18(11)17-13)12-6-4-5-7-14(12)19-3;1-8(2)6-4-5-7(9-3)10-6;/h6-13H,1-5H3;4-8,10H,9H2,1-3H3;4-5H,1-3H3;1H4/b16-12-;;;/i;;;1D. The van der Waals surface area contributed by atoms with E-state index in [1.807, 2.05) is 84.0 Å². The molecule has 306 valence electrons. The van der Waals surface area contributed by atoms with Crippen LogP contribution in [0.2, 0.25) is 0 Å². The average molecular weight is 823 g/mol. The molecular weight excluding hydrogens is 767 g/mol. The fourth-order valence-corrected chi connectivity index (χ4v) is 7.73. The monoisotopic (exact) mass is 822 g/mol. The van der Waals surface area contributed by atoms with Crippen molar-refractivity contribution >= 4 is 50.2 Å². The molecule has 0 unspecified atom stereocenters. The molecule has 14 heteroatoms. The third-order valence-electron chi connectivity index (χ3n) is 9.14. The van der Waals surface area contributed by atoms with Gasteiger partial charge in [-0.2, -0.15) is 14.7 Å². The second-order valence-electron chi connectivity index (χ2n) is 14.3. The molecule has 0 fully saturated rings. The number of nitrogens with zero attached hydrogens (tertiary/aromatic N) is 9. The molecule has 8 rings (SSSR count). The van der Waals surface area contributed by atoms with Crippen molar-refractivity contribution in [1.82, 2.24) is 29.6 Å². The molecule has 0 N–H and O–H groups in total. The quantitative estimate of drug-likeness (QED) is 0.134. The highest BCUT2D eigenvalue weighted by atomic mass is 32.1. The molecule has 0 aliphatic carbocycles. The van der Waals surface area contributed by atoms with Gasteiger partial charge >= 0.3 is 0 Å². The molecule has 0 amide bonds. The molecule has 58 heavy (non-hydrogen) atoms. The van der Waals surface area contributed by atoms with Gasteiger partial charge in [-0.05, 0) is 72.5 Å². The highest BCUT2D eigenvalue weighted by Crippen LogP contribution is 2.31. The number of rotatable bonds is 10. The van der Waals surface area contributed by atoms with E-state index in [0.29, 0.717) is 18.3 Å². The molecule has 1 aliphatic rings. The maximum atomic E-state index is 5.75. The van der Waals surface area contributed by atoms with Crippen molar-refractivity contribution in [2.45, 2.75) is 53.5 Å². The normalized spacial score (nSPS) is 12.1. The fraction of sp³-hybridized carbons (Fsp3) is 0.341. The molecule has 0 atom stereocenters. The zero-order valence-electron chi connectivity index (χ0n) is 36.5. The maximum Gasteiger partial charge on any atom is 0.189 e. The van der Waals surface area contributed by atoms with Gasteiger partial charge < -0.3 is 24.0 Å². The average Bonchev–Trinajstić information content (AvgIpc) is 4.10. The summed E-state index contributed by atoms with van der Waals surface area (Å²) in [5.74, 6) is 3.85. The molecule has 6 heterocycles. The number of fused-ring (bicyclic) bond motifs is 2. The Hall–Kier alpha value is -5.73. The minimum Gasteiger partial charge on any atom is -0.496 e. The van der Waals surface area contributed by atoms with Crippen LogP contribution in [0.15, 0.2) is 83.9 Å². The number of ether oxygens (including phenoxy) is 3. The zero-order chi connectivity index (χ0) is 42.8. The van der Waals surface area contributed by atoms with Crippen LogP contribution < -0.4 is 29.2 Å². The number of aromatic nitrogens is 6. The van der Waals surface area contributed by atoms with Crippen LogP contribution in [0.5, 0.6) is 16.6 Å². The third-order valence-corrected chi connectivity index (χ3v) is 11.6. The number of benzene rings is 2. The topological polar surface area (TPSA) is 107 Å². The largest absolute Gasteiger partial charge is 0.496 e.